The minimum atomic E-state index is -0.0171. The third kappa shape index (κ3) is 2.36. The summed E-state index contributed by atoms with van der Waals surface area (Å²) in [7, 11) is 1.77. The van der Waals surface area contributed by atoms with Gasteiger partial charge >= 0.3 is 0 Å². The highest BCUT2D eigenvalue weighted by molar-refractivity contribution is 5.98. The SMILES string of the molecule is CNc1ncccc1C(=O)N1Cc2nnc(C3CC3)n2[C@@H](C)C1. The Morgan fingerprint density at radius 3 is 2.91 bits per heavy atom. The molecule has 7 nitrogen and oxygen atoms in total. The van der Waals surface area contributed by atoms with Gasteiger partial charge in [0.05, 0.1) is 18.2 Å². The van der Waals surface area contributed by atoms with Crippen molar-refractivity contribution in [3.05, 3.63) is 35.5 Å². The average Bonchev–Trinajstić information content (AvgIpc) is 3.33. The first-order chi connectivity index (χ1) is 11.2. The fourth-order valence-corrected chi connectivity index (χ4v) is 3.28. The van der Waals surface area contributed by atoms with Gasteiger partial charge in [-0.05, 0) is 31.9 Å². The summed E-state index contributed by atoms with van der Waals surface area (Å²) in [4.78, 5) is 18.9. The number of carbonyl (C=O) groups excluding carboxylic acids is 1. The van der Waals surface area contributed by atoms with Gasteiger partial charge in [0.2, 0.25) is 0 Å². The lowest BCUT2D eigenvalue weighted by Gasteiger charge is -2.33. The normalized spacial score (nSPS) is 20.3. The van der Waals surface area contributed by atoms with Crippen molar-refractivity contribution >= 4 is 11.7 Å². The zero-order valence-corrected chi connectivity index (χ0v) is 13.4. The third-order valence-corrected chi connectivity index (χ3v) is 4.56. The molecule has 1 saturated carbocycles. The van der Waals surface area contributed by atoms with E-state index in [1.165, 1.54) is 12.8 Å². The monoisotopic (exact) mass is 312 g/mol. The number of carbonyl (C=O) groups is 1. The van der Waals surface area contributed by atoms with Gasteiger partial charge in [0.15, 0.2) is 5.82 Å². The quantitative estimate of drug-likeness (QED) is 0.935. The van der Waals surface area contributed by atoms with E-state index in [1.807, 2.05) is 4.90 Å². The largest absolute Gasteiger partial charge is 0.372 e. The molecule has 1 aliphatic heterocycles. The summed E-state index contributed by atoms with van der Waals surface area (Å²) in [6.07, 6.45) is 4.09. The van der Waals surface area contributed by atoms with Crippen molar-refractivity contribution in [2.24, 2.45) is 0 Å². The van der Waals surface area contributed by atoms with Crippen LogP contribution in [0.15, 0.2) is 18.3 Å². The zero-order chi connectivity index (χ0) is 16.0. The van der Waals surface area contributed by atoms with Gasteiger partial charge in [0, 0.05) is 25.7 Å². The second kappa shape index (κ2) is 5.33. The molecular formula is C16H20N6O. The highest BCUT2D eigenvalue weighted by atomic mass is 16.2. The fourth-order valence-electron chi connectivity index (χ4n) is 3.28. The molecule has 1 fully saturated rings. The van der Waals surface area contributed by atoms with Gasteiger partial charge in [0.1, 0.15) is 11.6 Å². The maximum absolute atomic E-state index is 12.9. The smallest absolute Gasteiger partial charge is 0.258 e. The van der Waals surface area contributed by atoms with Crippen molar-refractivity contribution in [3.63, 3.8) is 0 Å². The molecule has 0 unspecified atom stereocenters. The number of pyridine rings is 1. The molecule has 120 valence electrons. The predicted octanol–water partition coefficient (Wildman–Crippen LogP) is 1.81. The average molecular weight is 312 g/mol. The van der Waals surface area contributed by atoms with Crippen LogP contribution in [0.2, 0.25) is 0 Å². The van der Waals surface area contributed by atoms with Crippen LogP contribution < -0.4 is 5.32 Å². The summed E-state index contributed by atoms with van der Waals surface area (Å²) >= 11 is 0. The number of rotatable bonds is 3. The molecule has 1 aliphatic carbocycles. The lowest BCUT2D eigenvalue weighted by atomic mass is 10.1. The Morgan fingerprint density at radius 1 is 1.35 bits per heavy atom. The number of hydrogen-bond donors (Lipinski definition) is 1. The van der Waals surface area contributed by atoms with Crippen molar-refractivity contribution < 1.29 is 4.79 Å². The number of aromatic nitrogens is 4. The molecule has 3 heterocycles. The van der Waals surface area contributed by atoms with Crippen LogP contribution in [0, 0.1) is 0 Å². The number of amides is 1. The van der Waals surface area contributed by atoms with E-state index in [1.54, 1.807) is 25.4 Å². The van der Waals surface area contributed by atoms with Gasteiger partial charge < -0.3 is 14.8 Å². The van der Waals surface area contributed by atoms with Gasteiger partial charge in [-0.25, -0.2) is 4.98 Å². The number of hydrogen-bond acceptors (Lipinski definition) is 5. The first-order valence-electron chi connectivity index (χ1n) is 8.04. The van der Waals surface area contributed by atoms with Crippen molar-refractivity contribution in [3.8, 4) is 0 Å². The molecule has 7 heteroatoms. The predicted molar refractivity (Wildman–Crippen MR) is 85.2 cm³/mol. The third-order valence-electron chi connectivity index (χ3n) is 4.56. The van der Waals surface area contributed by atoms with Crippen LogP contribution in [-0.2, 0) is 6.54 Å². The van der Waals surface area contributed by atoms with Crippen LogP contribution in [0.4, 0.5) is 5.82 Å². The van der Waals surface area contributed by atoms with Crippen LogP contribution in [0.25, 0.3) is 0 Å². The Morgan fingerprint density at radius 2 is 2.17 bits per heavy atom. The molecule has 2 aromatic heterocycles. The van der Waals surface area contributed by atoms with Gasteiger partial charge in [-0.3, -0.25) is 4.79 Å². The van der Waals surface area contributed by atoms with E-state index in [4.69, 9.17) is 0 Å². The van der Waals surface area contributed by atoms with Gasteiger partial charge in [-0.15, -0.1) is 10.2 Å². The molecule has 2 aliphatic rings. The van der Waals surface area contributed by atoms with Crippen molar-refractivity contribution in [2.45, 2.75) is 38.3 Å². The van der Waals surface area contributed by atoms with Gasteiger partial charge in [-0.1, -0.05) is 0 Å². The molecule has 0 bridgehead atoms. The van der Waals surface area contributed by atoms with Crippen LogP contribution in [0.3, 0.4) is 0 Å². The van der Waals surface area contributed by atoms with E-state index in [0.717, 1.165) is 11.6 Å². The molecule has 23 heavy (non-hydrogen) atoms. The number of fused-ring (bicyclic) bond motifs is 1. The van der Waals surface area contributed by atoms with Crippen molar-refractivity contribution in [2.75, 3.05) is 18.9 Å². The first-order valence-corrected chi connectivity index (χ1v) is 8.04. The fraction of sp³-hybridized carbons (Fsp3) is 0.500. The number of anilines is 1. The van der Waals surface area contributed by atoms with E-state index >= 15 is 0 Å². The van der Waals surface area contributed by atoms with Crippen LogP contribution in [0.1, 0.15) is 53.7 Å². The summed E-state index contributed by atoms with van der Waals surface area (Å²) < 4.78 is 2.23. The summed E-state index contributed by atoms with van der Waals surface area (Å²) in [5.41, 5.74) is 0.595. The number of nitrogens with one attached hydrogen (secondary N) is 1. The minimum Gasteiger partial charge on any atom is -0.372 e. The highest BCUT2D eigenvalue weighted by Gasteiger charge is 2.36. The topological polar surface area (TPSA) is 75.9 Å². The Hall–Kier alpha value is -2.44. The Kier molecular flexibility index (Phi) is 3.28. The molecule has 0 spiro atoms. The highest BCUT2D eigenvalue weighted by Crippen LogP contribution is 2.41. The molecule has 4 rings (SSSR count). The molecule has 1 atom stereocenters. The number of nitrogens with zero attached hydrogens (tertiary/aromatic N) is 5. The van der Waals surface area contributed by atoms with Gasteiger partial charge in [0.25, 0.3) is 5.91 Å². The molecule has 0 radical (unpaired) electrons. The first kappa shape index (κ1) is 14.2. The summed E-state index contributed by atoms with van der Waals surface area (Å²) in [5.74, 6) is 3.13. The molecular weight excluding hydrogens is 292 g/mol. The lowest BCUT2D eigenvalue weighted by Crippen LogP contribution is -2.41. The summed E-state index contributed by atoms with van der Waals surface area (Å²) in [6.45, 7) is 3.29. The van der Waals surface area contributed by atoms with E-state index in [9.17, 15) is 4.79 Å². The molecule has 2 aromatic rings. The van der Waals surface area contributed by atoms with Crippen LogP contribution in [0.5, 0.6) is 0 Å². The van der Waals surface area contributed by atoms with Gasteiger partial charge in [-0.2, -0.15) is 0 Å². The van der Waals surface area contributed by atoms with E-state index < -0.39 is 0 Å². The van der Waals surface area contributed by atoms with E-state index in [0.29, 0.717) is 30.4 Å². The van der Waals surface area contributed by atoms with Crippen LogP contribution >= 0.6 is 0 Å². The zero-order valence-electron chi connectivity index (χ0n) is 13.4. The second-order valence-electron chi connectivity index (χ2n) is 6.30. The van der Waals surface area contributed by atoms with Crippen molar-refractivity contribution in [1.82, 2.24) is 24.6 Å². The maximum atomic E-state index is 12.9. The molecule has 0 saturated heterocycles. The lowest BCUT2D eigenvalue weighted by molar-refractivity contribution is 0.0680. The molecule has 0 aromatic carbocycles. The Balaban J connectivity index is 1.62. The van der Waals surface area contributed by atoms with E-state index in [-0.39, 0.29) is 11.9 Å². The minimum absolute atomic E-state index is 0.0171. The molecule has 1 N–H and O–H groups in total. The summed E-state index contributed by atoms with van der Waals surface area (Å²) in [6, 6.07) is 3.79. The summed E-state index contributed by atoms with van der Waals surface area (Å²) in [5, 5.41) is 11.7. The second-order valence-corrected chi connectivity index (χ2v) is 6.30. The van der Waals surface area contributed by atoms with Crippen LogP contribution in [-0.4, -0.2) is 44.1 Å². The standard InChI is InChI=1S/C16H20N6O/c1-10-8-21(16(23)12-4-3-7-18-14(12)17-2)9-13-19-20-15(22(10)13)11-5-6-11/h3-4,7,10-11H,5-6,8-9H2,1-2H3,(H,17,18)/t10-/m0/s1. The molecule has 1 amide bonds. The maximum Gasteiger partial charge on any atom is 0.258 e. The van der Waals surface area contributed by atoms with Crippen molar-refractivity contribution in [1.29, 1.82) is 0 Å². The van der Waals surface area contributed by atoms with E-state index in [2.05, 4.69) is 32.0 Å². The Bertz CT molecular complexity index is 751. The Labute approximate surface area is 134 Å².